The molecule has 1 aromatic heterocycles. The summed E-state index contributed by atoms with van der Waals surface area (Å²) in [5.41, 5.74) is 0.773. The molecule has 0 fully saturated rings. The van der Waals surface area contributed by atoms with Crippen LogP contribution in [0.15, 0.2) is 70.3 Å². The molecular formula is C22H20N2O4S. The predicted molar refractivity (Wildman–Crippen MR) is 113 cm³/mol. The van der Waals surface area contributed by atoms with Crippen LogP contribution >= 0.6 is 11.8 Å². The lowest BCUT2D eigenvalue weighted by atomic mass is 10.1. The standard InChI is InChI=1S/C22H20N2O4S/c1-25-19-10-8-17(14-20(19)26-2)21-23-24-22(28-21)29-12-11-27-18-9-7-15-5-3-4-6-16(15)13-18/h3-10,13-14H,11-12H2,1-2H3. The predicted octanol–water partition coefficient (Wildman–Crippen LogP) is 5.08. The van der Waals surface area contributed by atoms with E-state index in [1.807, 2.05) is 42.5 Å². The Hall–Kier alpha value is -3.19. The molecule has 0 N–H and O–H groups in total. The van der Waals surface area contributed by atoms with E-state index in [0.717, 1.165) is 16.7 Å². The Morgan fingerprint density at radius 1 is 0.862 bits per heavy atom. The Balaban J connectivity index is 1.33. The van der Waals surface area contributed by atoms with Gasteiger partial charge in [0.05, 0.1) is 20.8 Å². The first-order valence-electron chi connectivity index (χ1n) is 9.07. The molecule has 0 aliphatic heterocycles. The molecule has 1 heterocycles. The molecule has 0 atom stereocenters. The van der Waals surface area contributed by atoms with Crippen LogP contribution in [0.25, 0.3) is 22.2 Å². The van der Waals surface area contributed by atoms with E-state index < -0.39 is 0 Å². The number of aromatic nitrogens is 2. The monoisotopic (exact) mass is 408 g/mol. The average Bonchev–Trinajstić information content (AvgIpc) is 3.25. The number of hydrogen-bond acceptors (Lipinski definition) is 7. The minimum atomic E-state index is 0.434. The molecule has 4 aromatic rings. The number of rotatable bonds is 8. The highest BCUT2D eigenvalue weighted by molar-refractivity contribution is 7.99. The van der Waals surface area contributed by atoms with E-state index >= 15 is 0 Å². The topological polar surface area (TPSA) is 66.6 Å². The SMILES string of the molecule is COc1ccc(-c2nnc(SCCOc3ccc4ccccc4c3)o2)cc1OC. The Morgan fingerprint density at radius 2 is 1.69 bits per heavy atom. The summed E-state index contributed by atoms with van der Waals surface area (Å²) in [6.45, 7) is 0.539. The van der Waals surface area contributed by atoms with Gasteiger partial charge in [-0.05, 0) is 41.1 Å². The van der Waals surface area contributed by atoms with Crippen LogP contribution < -0.4 is 14.2 Å². The Morgan fingerprint density at radius 3 is 2.52 bits per heavy atom. The third-order valence-electron chi connectivity index (χ3n) is 4.34. The summed E-state index contributed by atoms with van der Waals surface area (Å²) in [5.74, 6) is 3.24. The lowest BCUT2D eigenvalue weighted by Crippen LogP contribution is -1.99. The van der Waals surface area contributed by atoms with Crippen molar-refractivity contribution in [2.45, 2.75) is 5.22 Å². The molecule has 0 unspecified atom stereocenters. The molecule has 0 aliphatic rings. The number of fused-ring (bicyclic) bond motifs is 1. The van der Waals surface area contributed by atoms with Crippen molar-refractivity contribution in [1.82, 2.24) is 10.2 Å². The fraction of sp³-hybridized carbons (Fsp3) is 0.182. The lowest BCUT2D eigenvalue weighted by Gasteiger charge is -2.07. The second kappa shape index (κ2) is 8.87. The van der Waals surface area contributed by atoms with Gasteiger partial charge in [-0.3, -0.25) is 0 Å². The smallest absolute Gasteiger partial charge is 0.276 e. The van der Waals surface area contributed by atoms with Gasteiger partial charge in [0, 0.05) is 11.3 Å². The summed E-state index contributed by atoms with van der Waals surface area (Å²) in [6, 6.07) is 19.8. The van der Waals surface area contributed by atoms with Gasteiger partial charge in [-0.15, -0.1) is 10.2 Å². The maximum Gasteiger partial charge on any atom is 0.276 e. The van der Waals surface area contributed by atoms with E-state index in [9.17, 15) is 0 Å². The summed E-state index contributed by atoms with van der Waals surface area (Å²) in [6.07, 6.45) is 0. The number of benzene rings is 3. The molecule has 0 amide bonds. The van der Waals surface area contributed by atoms with Crippen LogP contribution in [-0.2, 0) is 0 Å². The quantitative estimate of drug-likeness (QED) is 0.297. The fourth-order valence-corrected chi connectivity index (χ4v) is 3.48. The van der Waals surface area contributed by atoms with Gasteiger partial charge in [0.15, 0.2) is 11.5 Å². The molecule has 4 rings (SSSR count). The summed E-state index contributed by atoms with van der Waals surface area (Å²) in [4.78, 5) is 0. The zero-order chi connectivity index (χ0) is 20.1. The van der Waals surface area contributed by atoms with Crippen molar-refractivity contribution in [3.63, 3.8) is 0 Å². The maximum absolute atomic E-state index is 5.84. The van der Waals surface area contributed by atoms with Gasteiger partial charge in [-0.2, -0.15) is 0 Å². The van der Waals surface area contributed by atoms with Gasteiger partial charge < -0.3 is 18.6 Å². The number of nitrogens with zero attached hydrogens (tertiary/aromatic N) is 2. The molecule has 6 nitrogen and oxygen atoms in total. The third-order valence-corrected chi connectivity index (χ3v) is 5.12. The number of thioether (sulfide) groups is 1. The molecule has 0 spiro atoms. The Kier molecular flexibility index (Phi) is 5.86. The van der Waals surface area contributed by atoms with Crippen LogP contribution in [0.1, 0.15) is 0 Å². The number of methoxy groups -OCH3 is 2. The minimum Gasteiger partial charge on any atom is -0.493 e. The van der Waals surface area contributed by atoms with Crippen LogP contribution in [0.2, 0.25) is 0 Å². The zero-order valence-corrected chi connectivity index (χ0v) is 16.9. The highest BCUT2D eigenvalue weighted by Gasteiger charge is 2.12. The van der Waals surface area contributed by atoms with Crippen molar-refractivity contribution in [3.8, 4) is 28.7 Å². The molecule has 0 saturated heterocycles. The summed E-state index contributed by atoms with van der Waals surface area (Å²) >= 11 is 1.46. The molecule has 0 saturated carbocycles. The van der Waals surface area contributed by atoms with Gasteiger partial charge in [0.1, 0.15) is 5.75 Å². The minimum absolute atomic E-state index is 0.434. The van der Waals surface area contributed by atoms with E-state index in [4.69, 9.17) is 18.6 Å². The average molecular weight is 408 g/mol. The van der Waals surface area contributed by atoms with Crippen LogP contribution in [-0.4, -0.2) is 36.8 Å². The van der Waals surface area contributed by atoms with Crippen LogP contribution in [0.4, 0.5) is 0 Å². The fourth-order valence-electron chi connectivity index (χ4n) is 2.90. The van der Waals surface area contributed by atoms with Gasteiger partial charge in [0.2, 0.25) is 5.89 Å². The van der Waals surface area contributed by atoms with Gasteiger partial charge in [-0.25, -0.2) is 0 Å². The van der Waals surface area contributed by atoms with E-state index in [-0.39, 0.29) is 0 Å². The van der Waals surface area contributed by atoms with Crippen LogP contribution in [0.5, 0.6) is 17.2 Å². The summed E-state index contributed by atoms with van der Waals surface area (Å²) in [5, 5.41) is 11.1. The van der Waals surface area contributed by atoms with E-state index in [2.05, 4.69) is 28.4 Å². The summed E-state index contributed by atoms with van der Waals surface area (Å²) < 4.78 is 22.1. The largest absolute Gasteiger partial charge is 0.493 e. The molecular weight excluding hydrogens is 388 g/mol. The normalized spacial score (nSPS) is 10.8. The molecule has 0 radical (unpaired) electrons. The second-order valence-electron chi connectivity index (χ2n) is 6.15. The molecule has 148 valence electrons. The van der Waals surface area contributed by atoms with Gasteiger partial charge in [-0.1, -0.05) is 42.1 Å². The number of hydrogen-bond donors (Lipinski definition) is 0. The van der Waals surface area contributed by atoms with Crippen molar-refractivity contribution in [2.24, 2.45) is 0 Å². The first kappa shape index (κ1) is 19.1. The van der Waals surface area contributed by atoms with Gasteiger partial charge >= 0.3 is 0 Å². The molecule has 29 heavy (non-hydrogen) atoms. The molecule has 0 aliphatic carbocycles. The van der Waals surface area contributed by atoms with Crippen molar-refractivity contribution >= 4 is 22.5 Å². The molecule has 7 heteroatoms. The number of ether oxygens (including phenoxy) is 3. The maximum atomic E-state index is 5.84. The van der Waals surface area contributed by atoms with Gasteiger partial charge in [0.25, 0.3) is 5.22 Å². The Bertz CT molecular complexity index is 1110. The summed E-state index contributed by atoms with van der Waals surface area (Å²) in [7, 11) is 3.19. The van der Waals surface area contributed by atoms with Crippen LogP contribution in [0, 0.1) is 0 Å². The first-order chi connectivity index (χ1) is 14.3. The molecule has 0 bridgehead atoms. The lowest BCUT2D eigenvalue weighted by molar-refractivity contribution is 0.343. The first-order valence-corrected chi connectivity index (χ1v) is 10.1. The highest BCUT2D eigenvalue weighted by Crippen LogP contribution is 2.32. The zero-order valence-electron chi connectivity index (χ0n) is 16.1. The Labute approximate surface area is 172 Å². The van der Waals surface area contributed by atoms with E-state index in [1.165, 1.54) is 17.1 Å². The third kappa shape index (κ3) is 4.46. The van der Waals surface area contributed by atoms with Crippen LogP contribution in [0.3, 0.4) is 0 Å². The van der Waals surface area contributed by atoms with Crippen molar-refractivity contribution in [3.05, 3.63) is 60.7 Å². The van der Waals surface area contributed by atoms with E-state index in [1.54, 1.807) is 14.2 Å². The van der Waals surface area contributed by atoms with Crippen molar-refractivity contribution < 1.29 is 18.6 Å². The van der Waals surface area contributed by atoms with E-state index in [0.29, 0.717) is 35.0 Å². The van der Waals surface area contributed by atoms with Crippen molar-refractivity contribution in [1.29, 1.82) is 0 Å². The van der Waals surface area contributed by atoms with Crippen molar-refractivity contribution in [2.75, 3.05) is 26.6 Å². The second-order valence-corrected chi connectivity index (χ2v) is 7.19. The highest BCUT2D eigenvalue weighted by atomic mass is 32.2. The molecule has 3 aromatic carbocycles.